The maximum atomic E-state index is 12.9. The zero-order chi connectivity index (χ0) is 20.5. The lowest BCUT2D eigenvalue weighted by atomic mass is 9.90. The highest BCUT2D eigenvalue weighted by molar-refractivity contribution is 8.00. The summed E-state index contributed by atoms with van der Waals surface area (Å²) in [4.78, 5) is 33.1. The molecule has 2 bridgehead atoms. The van der Waals surface area contributed by atoms with Crippen LogP contribution >= 0.6 is 11.8 Å². The van der Waals surface area contributed by atoms with Crippen molar-refractivity contribution in [2.75, 3.05) is 18.8 Å². The largest absolute Gasteiger partial charge is 0.352 e. The molecule has 3 aliphatic rings. The minimum absolute atomic E-state index is 0.0250. The van der Waals surface area contributed by atoms with Gasteiger partial charge >= 0.3 is 0 Å². The average Bonchev–Trinajstić information content (AvgIpc) is 3.32. The van der Waals surface area contributed by atoms with Crippen LogP contribution in [0.25, 0.3) is 0 Å². The van der Waals surface area contributed by atoms with Gasteiger partial charge in [0.1, 0.15) is 12.2 Å². The molecule has 1 saturated heterocycles. The monoisotopic (exact) mass is 425 g/mol. The van der Waals surface area contributed by atoms with Crippen molar-refractivity contribution in [3.63, 3.8) is 0 Å². The van der Waals surface area contributed by atoms with E-state index in [4.69, 9.17) is 0 Å². The Kier molecular flexibility index (Phi) is 5.50. The maximum absolute atomic E-state index is 12.9. The van der Waals surface area contributed by atoms with Gasteiger partial charge in [-0.3, -0.25) is 14.3 Å². The summed E-state index contributed by atoms with van der Waals surface area (Å²) in [6.07, 6.45) is 5.22. The number of aryl methyl sites for hydroxylation is 1. The summed E-state index contributed by atoms with van der Waals surface area (Å²) in [5.74, 6) is 2.44. The molecule has 5 rings (SSSR count). The smallest absolute Gasteiger partial charge is 0.232 e. The van der Waals surface area contributed by atoms with Crippen LogP contribution in [0, 0.1) is 17.8 Å². The highest BCUT2D eigenvalue weighted by Gasteiger charge is 2.44. The third-order valence-electron chi connectivity index (χ3n) is 6.79. The Morgan fingerprint density at radius 1 is 1.10 bits per heavy atom. The number of hydrogen-bond acceptors (Lipinski definition) is 5. The minimum atomic E-state index is -0.0250. The second-order valence-electron chi connectivity index (χ2n) is 8.62. The van der Waals surface area contributed by atoms with Gasteiger partial charge in [-0.15, -0.1) is 11.8 Å². The predicted molar refractivity (Wildman–Crippen MR) is 114 cm³/mol. The van der Waals surface area contributed by atoms with Crippen molar-refractivity contribution in [2.24, 2.45) is 17.8 Å². The molecule has 2 aromatic rings. The molecule has 0 radical (unpaired) electrons. The Balaban J connectivity index is 1.15. The standard InChI is InChI=1S/C22H27N5O2S/c28-20(13-30-18-4-2-1-3-5-18)26-11-16-6-7-17(12-26)21(16)25-22(29)15-8-9-27-19(10-15)23-14-24-27/h1-5,14-17,21H,6-13H2,(H,25,29)/t15?,16-,17+,21?. The van der Waals surface area contributed by atoms with Gasteiger partial charge in [0.25, 0.3) is 0 Å². The number of hydrogen-bond donors (Lipinski definition) is 1. The molecule has 2 amide bonds. The lowest BCUT2D eigenvalue weighted by molar-refractivity contribution is -0.131. The van der Waals surface area contributed by atoms with Gasteiger partial charge in [-0.2, -0.15) is 5.10 Å². The van der Waals surface area contributed by atoms with Crippen LogP contribution in [0.15, 0.2) is 41.6 Å². The van der Waals surface area contributed by atoms with Gasteiger partial charge < -0.3 is 10.2 Å². The third kappa shape index (κ3) is 3.97. The fraction of sp³-hybridized carbons (Fsp3) is 0.545. The fourth-order valence-electron chi connectivity index (χ4n) is 5.15. The number of carbonyl (C=O) groups is 2. The van der Waals surface area contributed by atoms with Crippen LogP contribution < -0.4 is 5.32 Å². The summed E-state index contributed by atoms with van der Waals surface area (Å²) in [6.45, 7) is 2.27. The molecule has 3 heterocycles. The van der Waals surface area contributed by atoms with E-state index in [0.29, 0.717) is 24.0 Å². The summed E-state index contributed by atoms with van der Waals surface area (Å²) in [5, 5.41) is 7.55. The van der Waals surface area contributed by atoms with Crippen LogP contribution in [0.2, 0.25) is 0 Å². The van der Waals surface area contributed by atoms with Crippen molar-refractivity contribution < 1.29 is 9.59 Å². The molecule has 7 nitrogen and oxygen atoms in total. The Morgan fingerprint density at radius 3 is 2.63 bits per heavy atom. The molecule has 30 heavy (non-hydrogen) atoms. The fourth-order valence-corrected chi connectivity index (χ4v) is 5.98. The minimum Gasteiger partial charge on any atom is -0.352 e. The highest BCUT2D eigenvalue weighted by atomic mass is 32.2. The average molecular weight is 426 g/mol. The first kappa shape index (κ1) is 19.6. The summed E-state index contributed by atoms with van der Waals surface area (Å²) in [7, 11) is 0. The van der Waals surface area contributed by atoms with Crippen LogP contribution in [0.3, 0.4) is 0 Å². The topological polar surface area (TPSA) is 80.1 Å². The zero-order valence-corrected chi connectivity index (χ0v) is 17.8. The molecule has 1 saturated carbocycles. The number of amides is 2. The summed E-state index contributed by atoms with van der Waals surface area (Å²) < 4.78 is 1.89. The highest BCUT2D eigenvalue weighted by Crippen LogP contribution is 2.37. The SMILES string of the molecule is O=C(NC1[C@@H]2CC[C@H]1CN(C(=O)CSc1ccccc1)C2)C1CCn2ncnc2C1. The molecule has 158 valence electrons. The van der Waals surface area contributed by atoms with E-state index in [1.807, 2.05) is 39.9 Å². The molecule has 2 aliphatic heterocycles. The molecule has 1 N–H and O–H groups in total. The summed E-state index contributed by atoms with van der Waals surface area (Å²) in [6, 6.07) is 10.3. The number of nitrogens with zero attached hydrogens (tertiary/aromatic N) is 4. The lowest BCUT2D eigenvalue weighted by Gasteiger charge is -2.39. The molecule has 1 aromatic heterocycles. The first-order chi connectivity index (χ1) is 14.7. The van der Waals surface area contributed by atoms with Crippen molar-refractivity contribution in [1.29, 1.82) is 0 Å². The van der Waals surface area contributed by atoms with E-state index < -0.39 is 0 Å². The van der Waals surface area contributed by atoms with Crippen LogP contribution in [0.1, 0.15) is 25.1 Å². The summed E-state index contributed by atoms with van der Waals surface area (Å²) in [5.41, 5.74) is 0. The van der Waals surface area contributed by atoms with E-state index >= 15 is 0 Å². The van der Waals surface area contributed by atoms with Gasteiger partial charge in [0, 0.05) is 42.9 Å². The third-order valence-corrected chi connectivity index (χ3v) is 7.78. The van der Waals surface area contributed by atoms with Gasteiger partial charge in [-0.05, 0) is 43.2 Å². The zero-order valence-electron chi connectivity index (χ0n) is 16.9. The molecule has 2 unspecified atom stereocenters. The second-order valence-corrected chi connectivity index (χ2v) is 9.67. The van der Waals surface area contributed by atoms with Gasteiger partial charge in [-0.25, -0.2) is 4.98 Å². The lowest BCUT2D eigenvalue weighted by Crippen LogP contribution is -2.55. The molecular formula is C22H27N5O2S. The number of nitrogens with one attached hydrogen (secondary N) is 1. The molecule has 1 aliphatic carbocycles. The van der Waals surface area contributed by atoms with E-state index in [1.165, 1.54) is 0 Å². The molecular weight excluding hydrogens is 398 g/mol. The molecule has 8 heteroatoms. The van der Waals surface area contributed by atoms with Gasteiger partial charge in [-0.1, -0.05) is 18.2 Å². The molecule has 2 fully saturated rings. The number of carbonyl (C=O) groups excluding carboxylic acids is 2. The number of likely N-dealkylation sites (tertiary alicyclic amines) is 1. The van der Waals surface area contributed by atoms with Crippen molar-refractivity contribution in [3.8, 4) is 0 Å². The number of aromatic nitrogens is 3. The predicted octanol–water partition coefficient (Wildman–Crippen LogP) is 1.99. The molecule has 0 spiro atoms. The van der Waals surface area contributed by atoms with Crippen molar-refractivity contribution in [2.45, 2.75) is 43.2 Å². The number of benzene rings is 1. The van der Waals surface area contributed by atoms with Crippen LogP contribution in [0.5, 0.6) is 0 Å². The Bertz CT molecular complexity index is 903. The Labute approximate surface area is 180 Å². The van der Waals surface area contributed by atoms with Crippen molar-refractivity contribution in [1.82, 2.24) is 25.0 Å². The van der Waals surface area contributed by atoms with E-state index in [2.05, 4.69) is 15.4 Å². The quantitative estimate of drug-likeness (QED) is 0.741. The number of thioether (sulfide) groups is 1. The number of fused-ring (bicyclic) bond motifs is 3. The van der Waals surface area contributed by atoms with E-state index in [1.54, 1.807) is 18.1 Å². The van der Waals surface area contributed by atoms with Crippen LogP contribution in [-0.4, -0.2) is 56.4 Å². The van der Waals surface area contributed by atoms with E-state index in [9.17, 15) is 9.59 Å². The number of piperidine rings is 1. The van der Waals surface area contributed by atoms with Gasteiger partial charge in [0.15, 0.2) is 0 Å². The van der Waals surface area contributed by atoms with Gasteiger partial charge in [0.2, 0.25) is 11.8 Å². The van der Waals surface area contributed by atoms with Gasteiger partial charge in [0.05, 0.1) is 5.75 Å². The van der Waals surface area contributed by atoms with E-state index in [-0.39, 0.29) is 23.8 Å². The Morgan fingerprint density at radius 2 is 1.87 bits per heavy atom. The second kappa shape index (κ2) is 8.41. The summed E-state index contributed by atoms with van der Waals surface area (Å²) >= 11 is 1.60. The normalized spacial score (nSPS) is 27.5. The first-order valence-electron chi connectivity index (χ1n) is 10.8. The molecule has 4 atom stereocenters. The van der Waals surface area contributed by atoms with Crippen LogP contribution in [-0.2, 0) is 22.6 Å². The number of rotatable bonds is 5. The van der Waals surface area contributed by atoms with Crippen molar-refractivity contribution in [3.05, 3.63) is 42.5 Å². The molecule has 1 aromatic carbocycles. The van der Waals surface area contributed by atoms with Crippen LogP contribution in [0.4, 0.5) is 0 Å². The Hall–Kier alpha value is -2.35. The first-order valence-corrected chi connectivity index (χ1v) is 11.8. The van der Waals surface area contributed by atoms with Crippen molar-refractivity contribution >= 4 is 23.6 Å². The van der Waals surface area contributed by atoms with E-state index in [0.717, 1.165) is 49.6 Å². The maximum Gasteiger partial charge on any atom is 0.232 e.